The first-order chi connectivity index (χ1) is 14.5. The van der Waals surface area contributed by atoms with Crippen molar-refractivity contribution in [3.63, 3.8) is 0 Å². The van der Waals surface area contributed by atoms with E-state index in [4.69, 9.17) is 9.47 Å². The molecule has 2 aromatic rings. The van der Waals surface area contributed by atoms with Gasteiger partial charge in [-0.05, 0) is 48.2 Å². The summed E-state index contributed by atoms with van der Waals surface area (Å²) in [4.78, 5) is 26.8. The topological polar surface area (TPSA) is 67.9 Å². The lowest BCUT2D eigenvalue weighted by Gasteiger charge is -2.26. The van der Waals surface area contributed by atoms with E-state index in [1.165, 1.54) is 12.1 Å². The summed E-state index contributed by atoms with van der Waals surface area (Å²) in [6, 6.07) is 13.4. The highest BCUT2D eigenvalue weighted by molar-refractivity contribution is 5.85. The van der Waals surface area contributed by atoms with Crippen LogP contribution in [0.4, 0.5) is 4.39 Å². The number of ether oxygens (including phenoxy) is 2. The van der Waals surface area contributed by atoms with Crippen molar-refractivity contribution in [2.75, 3.05) is 26.8 Å². The summed E-state index contributed by atoms with van der Waals surface area (Å²) < 4.78 is 24.2. The number of benzene rings is 2. The molecule has 7 heteroatoms. The third-order valence-corrected chi connectivity index (χ3v) is 5.00. The highest BCUT2D eigenvalue weighted by Gasteiger charge is 2.23. The molecule has 160 valence electrons. The number of methoxy groups -OCH3 is 1. The molecule has 2 amide bonds. The average molecular weight is 414 g/mol. The van der Waals surface area contributed by atoms with Crippen molar-refractivity contribution in [2.45, 2.75) is 31.9 Å². The fourth-order valence-electron chi connectivity index (χ4n) is 3.46. The third-order valence-electron chi connectivity index (χ3n) is 5.00. The molecule has 0 bridgehead atoms. The molecule has 1 aliphatic heterocycles. The number of nitrogens with one attached hydrogen (secondary N) is 1. The lowest BCUT2D eigenvalue weighted by molar-refractivity contribution is -0.134. The maximum absolute atomic E-state index is 13.3. The van der Waals surface area contributed by atoms with Crippen molar-refractivity contribution in [3.8, 4) is 5.75 Å². The Morgan fingerprint density at radius 3 is 2.73 bits per heavy atom. The zero-order valence-electron chi connectivity index (χ0n) is 17.1. The Balaban J connectivity index is 1.59. The van der Waals surface area contributed by atoms with E-state index in [2.05, 4.69) is 5.32 Å². The lowest BCUT2D eigenvalue weighted by Crippen LogP contribution is -2.43. The first-order valence-electron chi connectivity index (χ1n) is 10.1. The standard InChI is InChI=1S/C23H27FN2O4/c1-29-20-8-3-6-18(12-20)15-26(16-21-9-4-10-30-21)23(28)14-25-22(27)13-17-5-2-7-19(24)11-17/h2-3,5-8,11-12,21H,4,9-10,13-16H2,1H3,(H,25,27). The van der Waals surface area contributed by atoms with Crippen LogP contribution in [-0.4, -0.2) is 49.6 Å². The molecule has 1 saturated heterocycles. The van der Waals surface area contributed by atoms with E-state index in [9.17, 15) is 14.0 Å². The Labute approximate surface area is 176 Å². The Morgan fingerprint density at radius 1 is 1.20 bits per heavy atom. The Morgan fingerprint density at radius 2 is 2.00 bits per heavy atom. The summed E-state index contributed by atoms with van der Waals surface area (Å²) in [5, 5.41) is 2.65. The van der Waals surface area contributed by atoms with E-state index in [0.29, 0.717) is 25.3 Å². The van der Waals surface area contributed by atoms with Gasteiger partial charge in [0.2, 0.25) is 11.8 Å². The predicted molar refractivity (Wildman–Crippen MR) is 110 cm³/mol. The average Bonchev–Trinajstić information content (AvgIpc) is 3.25. The monoisotopic (exact) mass is 414 g/mol. The van der Waals surface area contributed by atoms with Gasteiger partial charge in [0.1, 0.15) is 11.6 Å². The van der Waals surface area contributed by atoms with Gasteiger partial charge in [-0.1, -0.05) is 24.3 Å². The maximum Gasteiger partial charge on any atom is 0.242 e. The van der Waals surface area contributed by atoms with Crippen LogP contribution in [0.2, 0.25) is 0 Å². The molecular weight excluding hydrogens is 387 g/mol. The zero-order chi connectivity index (χ0) is 21.3. The maximum atomic E-state index is 13.3. The summed E-state index contributed by atoms with van der Waals surface area (Å²) in [7, 11) is 1.60. The largest absolute Gasteiger partial charge is 0.497 e. The van der Waals surface area contributed by atoms with Crippen LogP contribution in [0.1, 0.15) is 24.0 Å². The molecule has 1 unspecified atom stereocenters. The van der Waals surface area contributed by atoms with Gasteiger partial charge in [-0.15, -0.1) is 0 Å². The van der Waals surface area contributed by atoms with Crippen LogP contribution in [0.5, 0.6) is 5.75 Å². The summed E-state index contributed by atoms with van der Waals surface area (Å²) in [5.74, 6) is -0.189. The predicted octanol–water partition coefficient (Wildman–Crippen LogP) is 2.70. The summed E-state index contributed by atoms with van der Waals surface area (Å²) >= 11 is 0. The van der Waals surface area contributed by atoms with Crippen LogP contribution in [0.25, 0.3) is 0 Å². The highest BCUT2D eigenvalue weighted by atomic mass is 19.1. The Bertz CT molecular complexity index is 868. The number of carbonyl (C=O) groups excluding carboxylic acids is 2. The van der Waals surface area contributed by atoms with Crippen molar-refractivity contribution in [1.29, 1.82) is 0 Å². The smallest absolute Gasteiger partial charge is 0.242 e. The van der Waals surface area contributed by atoms with Crippen molar-refractivity contribution in [2.24, 2.45) is 0 Å². The summed E-state index contributed by atoms with van der Waals surface area (Å²) in [6.07, 6.45) is 1.92. The fourth-order valence-corrected chi connectivity index (χ4v) is 3.46. The van der Waals surface area contributed by atoms with E-state index in [1.54, 1.807) is 24.1 Å². The van der Waals surface area contributed by atoms with Crippen LogP contribution >= 0.6 is 0 Å². The fraction of sp³-hybridized carbons (Fsp3) is 0.391. The number of rotatable bonds is 9. The number of carbonyl (C=O) groups is 2. The van der Waals surface area contributed by atoms with E-state index < -0.39 is 5.82 Å². The molecule has 0 aromatic heterocycles. The SMILES string of the molecule is COc1cccc(CN(CC2CCCO2)C(=O)CNC(=O)Cc2cccc(F)c2)c1. The molecule has 0 spiro atoms. The number of hydrogen-bond donors (Lipinski definition) is 1. The second-order valence-electron chi connectivity index (χ2n) is 7.34. The summed E-state index contributed by atoms with van der Waals surface area (Å²) in [5.41, 5.74) is 1.50. The molecule has 1 fully saturated rings. The first-order valence-corrected chi connectivity index (χ1v) is 10.1. The molecule has 1 aliphatic rings. The van der Waals surface area contributed by atoms with Gasteiger partial charge in [-0.25, -0.2) is 4.39 Å². The number of hydrogen-bond acceptors (Lipinski definition) is 4. The van der Waals surface area contributed by atoms with Gasteiger partial charge < -0.3 is 19.7 Å². The first kappa shape index (κ1) is 21.8. The van der Waals surface area contributed by atoms with Gasteiger partial charge >= 0.3 is 0 Å². The van der Waals surface area contributed by atoms with E-state index in [-0.39, 0.29) is 30.9 Å². The van der Waals surface area contributed by atoms with Gasteiger partial charge in [-0.2, -0.15) is 0 Å². The minimum absolute atomic E-state index is 0.00236. The van der Waals surface area contributed by atoms with Crippen LogP contribution in [0.3, 0.4) is 0 Å². The van der Waals surface area contributed by atoms with E-state index in [1.807, 2.05) is 24.3 Å². The zero-order valence-corrected chi connectivity index (χ0v) is 17.1. The lowest BCUT2D eigenvalue weighted by atomic mass is 10.1. The van der Waals surface area contributed by atoms with Gasteiger partial charge in [0.05, 0.1) is 26.2 Å². The van der Waals surface area contributed by atoms with E-state index >= 15 is 0 Å². The molecular formula is C23H27FN2O4. The van der Waals surface area contributed by atoms with Crippen molar-refractivity contribution in [3.05, 3.63) is 65.5 Å². The Hall–Kier alpha value is -2.93. The van der Waals surface area contributed by atoms with Gasteiger partial charge in [-0.3, -0.25) is 9.59 Å². The third kappa shape index (κ3) is 6.56. The van der Waals surface area contributed by atoms with Crippen molar-refractivity contribution < 1.29 is 23.5 Å². The molecule has 1 heterocycles. The molecule has 0 radical (unpaired) electrons. The van der Waals surface area contributed by atoms with Crippen molar-refractivity contribution in [1.82, 2.24) is 10.2 Å². The minimum Gasteiger partial charge on any atom is -0.497 e. The molecule has 1 N–H and O–H groups in total. The quantitative estimate of drug-likeness (QED) is 0.685. The van der Waals surface area contributed by atoms with E-state index in [0.717, 1.165) is 24.2 Å². The molecule has 30 heavy (non-hydrogen) atoms. The molecule has 3 rings (SSSR count). The van der Waals surface area contributed by atoms with Crippen LogP contribution in [0, 0.1) is 5.82 Å². The minimum atomic E-state index is -0.391. The number of amides is 2. The normalized spacial score (nSPS) is 15.6. The molecule has 0 aliphatic carbocycles. The van der Waals surface area contributed by atoms with Crippen LogP contribution in [-0.2, 0) is 27.3 Å². The van der Waals surface area contributed by atoms with Gasteiger partial charge in [0.25, 0.3) is 0 Å². The molecule has 6 nitrogen and oxygen atoms in total. The van der Waals surface area contributed by atoms with Crippen molar-refractivity contribution >= 4 is 11.8 Å². The molecule has 2 aromatic carbocycles. The van der Waals surface area contributed by atoms with Gasteiger partial charge in [0.15, 0.2) is 0 Å². The second-order valence-corrected chi connectivity index (χ2v) is 7.34. The van der Waals surface area contributed by atoms with Gasteiger partial charge in [0, 0.05) is 19.7 Å². The highest BCUT2D eigenvalue weighted by Crippen LogP contribution is 2.18. The van der Waals surface area contributed by atoms with Crippen LogP contribution < -0.4 is 10.1 Å². The molecule has 0 saturated carbocycles. The Kier molecular flexibility index (Phi) is 7.79. The summed E-state index contributed by atoms with van der Waals surface area (Å²) in [6.45, 7) is 1.45. The number of halogens is 1. The number of nitrogens with zero attached hydrogens (tertiary/aromatic N) is 1. The second kappa shape index (κ2) is 10.7. The van der Waals surface area contributed by atoms with Crippen LogP contribution in [0.15, 0.2) is 48.5 Å². The molecule has 1 atom stereocenters.